The van der Waals surface area contributed by atoms with E-state index in [9.17, 15) is 14.4 Å². The number of hydrogen-bond acceptors (Lipinski definition) is 6. The minimum Gasteiger partial charge on any atom is -0.462 e. The van der Waals surface area contributed by atoms with Crippen LogP contribution >= 0.6 is 0 Å². The van der Waals surface area contributed by atoms with Gasteiger partial charge in [-0.2, -0.15) is 0 Å². The van der Waals surface area contributed by atoms with Crippen molar-refractivity contribution in [2.24, 2.45) is 0 Å². The predicted molar refractivity (Wildman–Crippen MR) is 357 cm³/mol. The summed E-state index contributed by atoms with van der Waals surface area (Å²) in [5.41, 5.74) is 0. The lowest BCUT2D eigenvalue weighted by Crippen LogP contribution is -2.30. The SMILES string of the molecule is CC/C=C\C/C=C\C/C=C\C/C=C\C/C=C\C/C=C\C/C=C\C/C=C\C/C=C\C/C=C\CCCCC(=O)OCC(COC(=O)CCCCCCCCCCCCCC)OC(=O)CCCCC/C=C\C/C=C\C/C=C\C/C=C\C/C=C\CC. The molecular formula is C76H118O6. The average molecular weight is 1130 g/mol. The number of carbonyl (C=O) groups excluding carboxylic acids is 3. The molecule has 0 rings (SSSR count). The van der Waals surface area contributed by atoms with Crippen molar-refractivity contribution < 1.29 is 28.6 Å². The van der Waals surface area contributed by atoms with E-state index in [1.165, 1.54) is 57.8 Å². The maximum Gasteiger partial charge on any atom is 0.306 e. The van der Waals surface area contributed by atoms with Gasteiger partial charge >= 0.3 is 17.9 Å². The monoisotopic (exact) mass is 1130 g/mol. The summed E-state index contributed by atoms with van der Waals surface area (Å²) in [5.74, 6) is -0.996. The first-order chi connectivity index (χ1) is 40.5. The van der Waals surface area contributed by atoms with Crippen LogP contribution in [-0.4, -0.2) is 37.2 Å². The second-order valence-electron chi connectivity index (χ2n) is 20.9. The Bertz CT molecular complexity index is 1920. The van der Waals surface area contributed by atoms with Gasteiger partial charge < -0.3 is 14.2 Å². The summed E-state index contributed by atoms with van der Waals surface area (Å²) in [4.78, 5) is 38.3. The van der Waals surface area contributed by atoms with Gasteiger partial charge in [-0.3, -0.25) is 14.4 Å². The van der Waals surface area contributed by atoms with E-state index < -0.39 is 6.10 Å². The Balaban J connectivity index is 4.44. The van der Waals surface area contributed by atoms with Gasteiger partial charge in [-0.15, -0.1) is 0 Å². The third-order valence-electron chi connectivity index (χ3n) is 13.2. The summed E-state index contributed by atoms with van der Waals surface area (Å²) >= 11 is 0. The van der Waals surface area contributed by atoms with Crippen LogP contribution in [0, 0.1) is 0 Å². The van der Waals surface area contributed by atoms with Gasteiger partial charge in [-0.25, -0.2) is 0 Å². The van der Waals surface area contributed by atoms with Gasteiger partial charge in [0.25, 0.3) is 0 Å². The molecule has 1 atom stereocenters. The molecule has 0 aliphatic heterocycles. The lowest BCUT2D eigenvalue weighted by molar-refractivity contribution is -0.167. The fourth-order valence-electron chi connectivity index (χ4n) is 8.32. The molecule has 0 aromatic heterocycles. The van der Waals surface area contributed by atoms with Gasteiger partial charge in [0.1, 0.15) is 13.2 Å². The van der Waals surface area contributed by atoms with Crippen LogP contribution in [-0.2, 0) is 28.6 Å². The van der Waals surface area contributed by atoms with Crippen LogP contribution in [0.15, 0.2) is 182 Å². The van der Waals surface area contributed by atoms with Crippen LogP contribution in [0.1, 0.15) is 258 Å². The normalized spacial score (nSPS) is 13.4. The first-order valence-electron chi connectivity index (χ1n) is 32.8. The van der Waals surface area contributed by atoms with E-state index in [1.807, 2.05) is 0 Å². The molecule has 0 radical (unpaired) electrons. The third-order valence-corrected chi connectivity index (χ3v) is 13.2. The Hall–Kier alpha value is -5.49. The molecule has 0 N–H and O–H groups in total. The van der Waals surface area contributed by atoms with Gasteiger partial charge in [-0.1, -0.05) is 280 Å². The third kappa shape index (κ3) is 65.3. The van der Waals surface area contributed by atoms with Crippen LogP contribution in [0.5, 0.6) is 0 Å². The maximum atomic E-state index is 12.9. The Morgan fingerprint density at radius 1 is 0.256 bits per heavy atom. The van der Waals surface area contributed by atoms with Gasteiger partial charge in [0.05, 0.1) is 0 Å². The van der Waals surface area contributed by atoms with Crippen molar-refractivity contribution in [3.8, 4) is 0 Å². The highest BCUT2D eigenvalue weighted by molar-refractivity contribution is 5.71. The van der Waals surface area contributed by atoms with E-state index in [0.29, 0.717) is 19.3 Å². The summed E-state index contributed by atoms with van der Waals surface area (Å²) in [7, 11) is 0. The highest BCUT2D eigenvalue weighted by atomic mass is 16.6. The largest absolute Gasteiger partial charge is 0.462 e. The Kier molecular flexibility index (Phi) is 63.5. The molecule has 6 heteroatoms. The zero-order chi connectivity index (χ0) is 59.2. The first kappa shape index (κ1) is 76.5. The molecule has 0 aromatic rings. The van der Waals surface area contributed by atoms with Gasteiger partial charge in [0.2, 0.25) is 0 Å². The molecule has 0 heterocycles. The summed E-state index contributed by atoms with van der Waals surface area (Å²) in [5, 5.41) is 0. The van der Waals surface area contributed by atoms with Crippen molar-refractivity contribution in [1.82, 2.24) is 0 Å². The maximum absolute atomic E-state index is 12.9. The fraction of sp³-hybridized carbons (Fsp3) is 0.566. The number of rotatable bonds is 57. The molecule has 0 aromatic carbocycles. The van der Waals surface area contributed by atoms with Gasteiger partial charge in [-0.05, 0) is 141 Å². The summed E-state index contributed by atoms with van der Waals surface area (Å²) in [6.07, 6.45) is 102. The van der Waals surface area contributed by atoms with E-state index in [2.05, 4.69) is 203 Å². The van der Waals surface area contributed by atoms with Gasteiger partial charge in [0.15, 0.2) is 6.10 Å². The van der Waals surface area contributed by atoms with Crippen LogP contribution in [0.3, 0.4) is 0 Å². The molecule has 0 saturated heterocycles. The van der Waals surface area contributed by atoms with E-state index >= 15 is 0 Å². The summed E-state index contributed by atoms with van der Waals surface area (Å²) < 4.78 is 16.8. The molecule has 0 spiro atoms. The zero-order valence-corrected chi connectivity index (χ0v) is 52.4. The molecule has 458 valence electrons. The second-order valence-corrected chi connectivity index (χ2v) is 20.9. The summed E-state index contributed by atoms with van der Waals surface area (Å²) in [6.45, 7) is 6.34. The number of allylic oxidation sites excluding steroid dienone is 30. The van der Waals surface area contributed by atoms with Crippen molar-refractivity contribution in [2.75, 3.05) is 13.2 Å². The van der Waals surface area contributed by atoms with Crippen molar-refractivity contribution in [3.05, 3.63) is 182 Å². The smallest absolute Gasteiger partial charge is 0.306 e. The molecule has 0 aliphatic carbocycles. The number of carbonyl (C=O) groups is 3. The molecule has 0 bridgehead atoms. The van der Waals surface area contributed by atoms with Crippen molar-refractivity contribution in [3.63, 3.8) is 0 Å². The second kappa shape index (κ2) is 68.0. The fourth-order valence-corrected chi connectivity index (χ4v) is 8.32. The molecule has 0 saturated carbocycles. The Morgan fingerprint density at radius 2 is 0.476 bits per heavy atom. The predicted octanol–water partition coefficient (Wildman–Crippen LogP) is 22.8. The first-order valence-corrected chi connectivity index (χ1v) is 32.8. The van der Waals surface area contributed by atoms with Crippen molar-refractivity contribution in [1.29, 1.82) is 0 Å². The average Bonchev–Trinajstić information content (AvgIpc) is 3.47. The lowest BCUT2D eigenvalue weighted by atomic mass is 10.0. The number of unbranched alkanes of at least 4 members (excludes halogenated alkanes) is 16. The number of hydrogen-bond donors (Lipinski definition) is 0. The highest BCUT2D eigenvalue weighted by Gasteiger charge is 2.19. The molecule has 6 nitrogen and oxygen atoms in total. The Labute approximate surface area is 504 Å². The standard InChI is InChI=1S/C76H118O6/c1-4-7-10-13-16-19-22-25-27-29-31-32-33-34-35-36-37-38-39-40-41-42-43-44-46-47-49-51-54-57-60-63-66-69-75(78)81-72-73(71-80-74(77)68-65-62-59-56-53-24-21-18-15-12-9-6-3)82-76(79)70-67-64-61-58-55-52-50-48-45-30-28-26-23-20-17-14-11-8-5-2/h7-8,10-11,16-17,19-20,25-28,31-32,34-35,37-38,40-41,43-45,47-49,52,54-55,57,73H,4-6,9,12-15,18,21-24,29-30,33,36,39,42,46,50-51,53,56,58-72H2,1-3H3/b10-7-,11-8-,19-16-,20-17-,27-25-,28-26-,32-31-,35-34-,38-37-,41-40-,44-43-,48-45-,49-47-,55-52-,57-54-. The van der Waals surface area contributed by atoms with Crippen LogP contribution in [0.2, 0.25) is 0 Å². The topological polar surface area (TPSA) is 78.9 Å². The Morgan fingerprint density at radius 3 is 0.768 bits per heavy atom. The number of ether oxygens (including phenoxy) is 3. The van der Waals surface area contributed by atoms with E-state index in [4.69, 9.17) is 14.2 Å². The van der Waals surface area contributed by atoms with E-state index in [1.54, 1.807) is 0 Å². The minimum absolute atomic E-state index is 0.112. The van der Waals surface area contributed by atoms with Crippen LogP contribution < -0.4 is 0 Å². The molecule has 0 fully saturated rings. The van der Waals surface area contributed by atoms with Crippen LogP contribution in [0.25, 0.3) is 0 Å². The molecule has 0 aliphatic rings. The van der Waals surface area contributed by atoms with Crippen molar-refractivity contribution >= 4 is 17.9 Å². The van der Waals surface area contributed by atoms with E-state index in [-0.39, 0.29) is 44.0 Å². The van der Waals surface area contributed by atoms with Crippen LogP contribution in [0.4, 0.5) is 0 Å². The molecular weight excluding hydrogens is 1010 g/mol. The summed E-state index contributed by atoms with van der Waals surface area (Å²) in [6, 6.07) is 0. The van der Waals surface area contributed by atoms with Crippen molar-refractivity contribution in [2.45, 2.75) is 264 Å². The minimum atomic E-state index is -0.823. The van der Waals surface area contributed by atoms with Gasteiger partial charge in [0, 0.05) is 19.3 Å². The molecule has 82 heavy (non-hydrogen) atoms. The molecule has 1 unspecified atom stereocenters. The number of esters is 3. The lowest BCUT2D eigenvalue weighted by Gasteiger charge is -2.18. The molecule has 0 amide bonds. The highest BCUT2D eigenvalue weighted by Crippen LogP contribution is 2.14. The zero-order valence-electron chi connectivity index (χ0n) is 52.4. The van der Waals surface area contributed by atoms with E-state index in [0.717, 1.165) is 148 Å². The quantitative estimate of drug-likeness (QED) is 0.0261.